The average molecular weight is 475 g/mol. The van der Waals surface area contributed by atoms with Gasteiger partial charge < -0.3 is 25.2 Å². The van der Waals surface area contributed by atoms with Gasteiger partial charge in [-0.05, 0) is 30.7 Å². The maximum atomic E-state index is 5.26. The second-order valence-electron chi connectivity index (χ2n) is 6.87. The molecule has 0 aliphatic carbocycles. The summed E-state index contributed by atoms with van der Waals surface area (Å²) in [5, 5.41) is 6.80. The van der Waals surface area contributed by atoms with Gasteiger partial charge in [0.05, 0.1) is 7.11 Å². The van der Waals surface area contributed by atoms with Crippen molar-refractivity contribution in [1.82, 2.24) is 20.4 Å². The fraction of sp³-hybridized carbons (Fsp3) is 0.632. The van der Waals surface area contributed by atoms with Crippen LogP contribution in [0.5, 0.6) is 5.75 Å². The molecular formula is C19H34IN5O. The number of aliphatic imine (C=N–C) groups is 1. The highest BCUT2D eigenvalue weighted by Crippen LogP contribution is 2.12. The predicted molar refractivity (Wildman–Crippen MR) is 120 cm³/mol. The van der Waals surface area contributed by atoms with E-state index in [1.807, 2.05) is 25.2 Å². The van der Waals surface area contributed by atoms with Crippen LogP contribution in [0.1, 0.15) is 12.5 Å². The van der Waals surface area contributed by atoms with Crippen molar-refractivity contribution in [3.05, 3.63) is 29.8 Å². The van der Waals surface area contributed by atoms with Gasteiger partial charge in [0, 0.05) is 52.9 Å². The van der Waals surface area contributed by atoms with Crippen LogP contribution in [0.3, 0.4) is 0 Å². The fourth-order valence-electron chi connectivity index (χ4n) is 3.00. The molecule has 1 unspecified atom stereocenters. The third-order valence-electron chi connectivity index (χ3n) is 4.60. The third kappa shape index (κ3) is 8.09. The molecule has 7 heteroatoms. The van der Waals surface area contributed by atoms with Crippen LogP contribution in [-0.4, -0.2) is 76.2 Å². The molecule has 0 aromatic heterocycles. The normalized spacial score (nSPS) is 17.3. The van der Waals surface area contributed by atoms with Gasteiger partial charge in [0.1, 0.15) is 5.75 Å². The summed E-state index contributed by atoms with van der Waals surface area (Å²) in [5.74, 6) is 2.30. The summed E-state index contributed by atoms with van der Waals surface area (Å²) < 4.78 is 5.26. The SMILES string of the molecule is CN=C(NCc1cccc(OC)c1)NCC(C)CN1CCN(C)CC1.I. The minimum atomic E-state index is 0. The lowest BCUT2D eigenvalue weighted by atomic mass is 10.1. The van der Waals surface area contributed by atoms with Crippen molar-refractivity contribution in [2.24, 2.45) is 10.9 Å². The van der Waals surface area contributed by atoms with Crippen molar-refractivity contribution in [3.8, 4) is 5.75 Å². The van der Waals surface area contributed by atoms with E-state index < -0.39 is 0 Å². The van der Waals surface area contributed by atoms with Crippen molar-refractivity contribution in [3.63, 3.8) is 0 Å². The number of hydrogen-bond donors (Lipinski definition) is 2. The number of halogens is 1. The van der Waals surface area contributed by atoms with E-state index >= 15 is 0 Å². The standard InChI is InChI=1S/C19H33N5O.HI/c1-16(15-24-10-8-23(3)9-11-24)13-21-19(20-2)22-14-17-6-5-7-18(12-17)25-4;/h5-7,12,16H,8-11,13-15H2,1-4H3,(H2,20,21,22);1H. The Morgan fingerprint density at radius 1 is 1.23 bits per heavy atom. The smallest absolute Gasteiger partial charge is 0.191 e. The number of methoxy groups -OCH3 is 1. The van der Waals surface area contributed by atoms with E-state index in [1.165, 1.54) is 31.7 Å². The van der Waals surface area contributed by atoms with Gasteiger partial charge in [-0.2, -0.15) is 0 Å². The number of hydrogen-bond acceptors (Lipinski definition) is 4. The molecule has 1 aliphatic heterocycles. The van der Waals surface area contributed by atoms with Crippen LogP contribution in [0, 0.1) is 5.92 Å². The summed E-state index contributed by atoms with van der Waals surface area (Å²) >= 11 is 0. The zero-order chi connectivity index (χ0) is 18.1. The molecule has 1 aromatic rings. The second-order valence-corrected chi connectivity index (χ2v) is 6.87. The molecule has 0 bridgehead atoms. The molecule has 26 heavy (non-hydrogen) atoms. The van der Waals surface area contributed by atoms with Gasteiger partial charge in [0.2, 0.25) is 0 Å². The molecule has 6 nitrogen and oxygen atoms in total. The van der Waals surface area contributed by atoms with Crippen LogP contribution in [0.15, 0.2) is 29.3 Å². The Morgan fingerprint density at radius 2 is 1.96 bits per heavy atom. The summed E-state index contributed by atoms with van der Waals surface area (Å²) in [4.78, 5) is 9.26. The van der Waals surface area contributed by atoms with E-state index in [1.54, 1.807) is 7.11 Å². The van der Waals surface area contributed by atoms with Gasteiger partial charge in [-0.1, -0.05) is 19.1 Å². The Bertz CT molecular complexity index is 546. The summed E-state index contributed by atoms with van der Waals surface area (Å²) in [6, 6.07) is 8.08. The molecule has 2 N–H and O–H groups in total. The van der Waals surface area contributed by atoms with Crippen LogP contribution >= 0.6 is 24.0 Å². The first-order chi connectivity index (χ1) is 12.1. The zero-order valence-electron chi connectivity index (χ0n) is 16.5. The largest absolute Gasteiger partial charge is 0.497 e. The van der Waals surface area contributed by atoms with E-state index in [-0.39, 0.29) is 24.0 Å². The second kappa shape index (κ2) is 12.3. The number of benzene rings is 1. The van der Waals surface area contributed by atoms with Crippen LogP contribution in [0.4, 0.5) is 0 Å². The van der Waals surface area contributed by atoms with Gasteiger partial charge in [-0.3, -0.25) is 4.99 Å². The molecule has 1 fully saturated rings. The summed E-state index contributed by atoms with van der Waals surface area (Å²) in [7, 11) is 5.70. The average Bonchev–Trinajstić information content (AvgIpc) is 2.64. The molecule has 1 heterocycles. The minimum absolute atomic E-state index is 0. The monoisotopic (exact) mass is 475 g/mol. The van der Waals surface area contributed by atoms with Gasteiger partial charge in [0.25, 0.3) is 0 Å². The van der Waals surface area contributed by atoms with E-state index in [0.29, 0.717) is 5.92 Å². The molecule has 1 atom stereocenters. The number of guanidine groups is 1. The minimum Gasteiger partial charge on any atom is -0.497 e. The summed E-state index contributed by atoms with van der Waals surface area (Å²) in [6.07, 6.45) is 0. The molecule has 0 saturated carbocycles. The van der Waals surface area contributed by atoms with Crippen LogP contribution in [0.2, 0.25) is 0 Å². The number of ether oxygens (including phenoxy) is 1. The number of nitrogens with one attached hydrogen (secondary N) is 2. The number of rotatable bonds is 7. The summed E-state index contributed by atoms with van der Waals surface area (Å²) in [6.45, 7) is 9.75. The maximum absolute atomic E-state index is 5.26. The van der Waals surface area contributed by atoms with Gasteiger partial charge in [0.15, 0.2) is 5.96 Å². The molecular weight excluding hydrogens is 441 g/mol. The van der Waals surface area contributed by atoms with Gasteiger partial charge in [-0.15, -0.1) is 24.0 Å². The van der Waals surface area contributed by atoms with E-state index in [4.69, 9.17) is 4.74 Å². The van der Waals surface area contributed by atoms with E-state index in [2.05, 4.69) is 45.5 Å². The molecule has 0 radical (unpaired) electrons. The van der Waals surface area contributed by atoms with Gasteiger partial charge in [-0.25, -0.2) is 0 Å². The maximum Gasteiger partial charge on any atom is 0.191 e. The fourth-order valence-corrected chi connectivity index (χ4v) is 3.00. The summed E-state index contributed by atoms with van der Waals surface area (Å²) in [5.41, 5.74) is 1.17. The lowest BCUT2D eigenvalue weighted by molar-refractivity contribution is 0.139. The van der Waals surface area contributed by atoms with Crippen LogP contribution in [-0.2, 0) is 6.54 Å². The highest BCUT2D eigenvalue weighted by Gasteiger charge is 2.16. The highest BCUT2D eigenvalue weighted by molar-refractivity contribution is 14.0. The Balaban J connectivity index is 0.00000338. The van der Waals surface area contributed by atoms with Gasteiger partial charge >= 0.3 is 0 Å². The third-order valence-corrected chi connectivity index (χ3v) is 4.60. The van der Waals surface area contributed by atoms with Crippen molar-refractivity contribution in [2.45, 2.75) is 13.5 Å². The lowest BCUT2D eigenvalue weighted by Crippen LogP contribution is -2.47. The topological polar surface area (TPSA) is 52.1 Å². The number of piperazine rings is 1. The van der Waals surface area contributed by atoms with Crippen molar-refractivity contribution in [2.75, 3.05) is 60.5 Å². The van der Waals surface area contributed by atoms with Crippen molar-refractivity contribution < 1.29 is 4.74 Å². The van der Waals surface area contributed by atoms with Crippen molar-refractivity contribution in [1.29, 1.82) is 0 Å². The molecule has 1 aliphatic rings. The predicted octanol–water partition coefficient (Wildman–Crippen LogP) is 1.86. The first kappa shape index (κ1) is 23.0. The molecule has 1 aromatic carbocycles. The van der Waals surface area contributed by atoms with E-state index in [0.717, 1.165) is 31.3 Å². The molecule has 0 amide bonds. The lowest BCUT2D eigenvalue weighted by Gasteiger charge is -2.34. The van der Waals surface area contributed by atoms with Crippen LogP contribution < -0.4 is 15.4 Å². The zero-order valence-corrected chi connectivity index (χ0v) is 18.8. The highest BCUT2D eigenvalue weighted by atomic mass is 127. The first-order valence-corrected chi connectivity index (χ1v) is 9.09. The van der Waals surface area contributed by atoms with E-state index in [9.17, 15) is 0 Å². The first-order valence-electron chi connectivity index (χ1n) is 9.09. The Hall–Kier alpha value is -1.06. The van der Waals surface area contributed by atoms with Crippen molar-refractivity contribution >= 4 is 29.9 Å². The number of likely N-dealkylation sites (N-methyl/N-ethyl adjacent to an activating group) is 1. The molecule has 1 saturated heterocycles. The van der Waals surface area contributed by atoms with Crippen LogP contribution in [0.25, 0.3) is 0 Å². The quantitative estimate of drug-likeness (QED) is 0.358. The number of nitrogens with zero attached hydrogens (tertiary/aromatic N) is 3. The Labute approximate surface area is 175 Å². The Kier molecular flexibility index (Phi) is 10.9. The molecule has 2 rings (SSSR count). The molecule has 0 spiro atoms. The Morgan fingerprint density at radius 3 is 2.62 bits per heavy atom. The molecule has 148 valence electrons.